The predicted octanol–water partition coefficient (Wildman–Crippen LogP) is 10.8. The molecule has 0 saturated heterocycles. The number of aromatic hydroxyl groups is 1. The number of hydrogen-bond acceptors (Lipinski definition) is 1. The third kappa shape index (κ3) is 21.6. The average Bonchev–Trinajstić information content (AvgIpc) is 2.78. The fraction of sp³-hybridized carbons (Fsp3) is 0.562. The molecule has 0 spiro atoms. The van der Waals surface area contributed by atoms with Crippen molar-refractivity contribution in [1.29, 1.82) is 0 Å². The van der Waals surface area contributed by atoms with Gasteiger partial charge in [0.2, 0.25) is 0 Å². The zero-order valence-electron chi connectivity index (χ0n) is 24.5. The fourth-order valence-corrected chi connectivity index (χ4v) is 2.64. The maximum Gasteiger partial charge on any atom is 0.115 e. The number of benzene rings is 2. The van der Waals surface area contributed by atoms with Gasteiger partial charge in [-0.3, -0.25) is 0 Å². The van der Waals surface area contributed by atoms with Gasteiger partial charge in [0.25, 0.3) is 0 Å². The maximum atomic E-state index is 9.05. The van der Waals surface area contributed by atoms with Crippen molar-refractivity contribution >= 4 is 0 Å². The number of rotatable bonds is 3. The summed E-state index contributed by atoms with van der Waals surface area (Å²) in [6.07, 6.45) is 1.05. The minimum absolute atomic E-state index is 0.316. The Labute approximate surface area is 208 Å². The van der Waals surface area contributed by atoms with Crippen LogP contribution in [0, 0.1) is 11.3 Å². The van der Waals surface area contributed by atoms with Crippen LogP contribution in [0.4, 0.5) is 0 Å². The van der Waals surface area contributed by atoms with Gasteiger partial charge in [-0.15, -0.1) is 0 Å². The molecule has 2 aromatic rings. The van der Waals surface area contributed by atoms with Crippen LogP contribution in [-0.2, 0) is 6.42 Å². The Morgan fingerprint density at radius 3 is 1.39 bits per heavy atom. The summed E-state index contributed by atoms with van der Waals surface area (Å²) in [4.78, 5) is 0. The molecule has 0 radical (unpaired) electrons. The van der Waals surface area contributed by atoms with Crippen molar-refractivity contribution in [2.45, 2.75) is 109 Å². The minimum Gasteiger partial charge on any atom is -0.508 e. The van der Waals surface area contributed by atoms with Crippen LogP contribution in [0.15, 0.2) is 65.7 Å². The fourth-order valence-electron chi connectivity index (χ4n) is 2.64. The molecule has 0 unspecified atom stereocenters. The van der Waals surface area contributed by atoms with E-state index < -0.39 is 0 Å². The monoisotopic (exact) mass is 456 g/mol. The van der Waals surface area contributed by atoms with E-state index in [1.165, 1.54) is 22.3 Å². The normalized spacial score (nSPS) is 9.70. The first-order valence-electron chi connectivity index (χ1n) is 12.8. The Balaban J connectivity index is -0.000000387. The van der Waals surface area contributed by atoms with Crippen LogP contribution in [-0.4, -0.2) is 5.11 Å². The number of phenolic OH excluding ortho intramolecular Hbond substituents is 1. The molecular weight excluding hydrogens is 400 g/mol. The number of allylic oxidation sites excluding steroid dienone is 2. The smallest absolute Gasteiger partial charge is 0.115 e. The first-order valence-corrected chi connectivity index (χ1v) is 12.8. The van der Waals surface area contributed by atoms with E-state index in [4.69, 9.17) is 5.11 Å². The lowest BCUT2D eigenvalue weighted by Crippen LogP contribution is -2.08. The summed E-state index contributed by atoms with van der Waals surface area (Å²) in [7, 11) is 0. The molecule has 190 valence electrons. The third-order valence-electron chi connectivity index (χ3n) is 4.79. The summed E-state index contributed by atoms with van der Waals surface area (Å²) < 4.78 is 0. The molecule has 0 saturated carbocycles. The van der Waals surface area contributed by atoms with Crippen LogP contribution in [0.1, 0.15) is 114 Å². The van der Waals surface area contributed by atoms with Crippen LogP contribution >= 0.6 is 0 Å². The van der Waals surface area contributed by atoms with Crippen molar-refractivity contribution in [2.24, 2.45) is 11.3 Å². The lowest BCUT2D eigenvalue weighted by Gasteiger charge is -2.17. The topological polar surface area (TPSA) is 20.2 Å². The molecule has 1 heteroatoms. The Morgan fingerprint density at radius 2 is 1.15 bits per heavy atom. The van der Waals surface area contributed by atoms with Crippen molar-refractivity contribution in [3.8, 4) is 5.75 Å². The largest absolute Gasteiger partial charge is 0.508 e. The highest BCUT2D eigenvalue weighted by Gasteiger charge is 2.10. The van der Waals surface area contributed by atoms with E-state index in [2.05, 4.69) is 93.5 Å². The molecule has 0 fully saturated rings. The standard InChI is InChI=1S/C11H16O.C9H12.C8H16.2C2H6/c1-11(2,3)8-9-4-6-10(12)7-5-9;1-8(2)9-6-4-3-5-7-9;1-6(2)8(5)7(3)4;2*1-2/h4-7,12H,8H2,1-3H3;3-8H,1-2H3;6H,1-5H3;2*1-2H3. The van der Waals surface area contributed by atoms with Gasteiger partial charge in [0.1, 0.15) is 5.75 Å². The van der Waals surface area contributed by atoms with E-state index in [9.17, 15) is 0 Å². The molecule has 0 aromatic heterocycles. The molecule has 0 aliphatic heterocycles. The van der Waals surface area contributed by atoms with Crippen molar-refractivity contribution in [2.75, 3.05) is 0 Å². The molecule has 0 aliphatic rings. The summed E-state index contributed by atoms with van der Waals surface area (Å²) in [6, 6.07) is 17.9. The second-order valence-electron chi connectivity index (χ2n) is 9.81. The molecule has 1 nitrogen and oxygen atoms in total. The van der Waals surface area contributed by atoms with Gasteiger partial charge in [0.15, 0.2) is 0 Å². The van der Waals surface area contributed by atoms with E-state index >= 15 is 0 Å². The summed E-state index contributed by atoms with van der Waals surface area (Å²) in [5.74, 6) is 1.72. The first kappa shape index (κ1) is 35.6. The summed E-state index contributed by atoms with van der Waals surface area (Å²) >= 11 is 0. The van der Waals surface area contributed by atoms with Gasteiger partial charge in [-0.1, -0.05) is 130 Å². The van der Waals surface area contributed by atoms with E-state index in [-0.39, 0.29) is 0 Å². The zero-order chi connectivity index (χ0) is 26.6. The molecule has 0 heterocycles. The quantitative estimate of drug-likeness (QED) is 0.455. The van der Waals surface area contributed by atoms with E-state index in [1.807, 2.05) is 45.9 Å². The highest BCUT2D eigenvalue weighted by atomic mass is 16.3. The van der Waals surface area contributed by atoms with Gasteiger partial charge < -0.3 is 5.11 Å². The van der Waals surface area contributed by atoms with E-state index in [1.54, 1.807) is 12.1 Å². The molecule has 2 rings (SSSR count). The van der Waals surface area contributed by atoms with Crippen molar-refractivity contribution in [3.63, 3.8) is 0 Å². The average molecular weight is 457 g/mol. The second kappa shape index (κ2) is 20.6. The Morgan fingerprint density at radius 1 is 0.727 bits per heavy atom. The highest BCUT2D eigenvalue weighted by molar-refractivity contribution is 5.26. The SMILES string of the molecule is CC.CC.CC(C)(C)Cc1ccc(O)cc1.CC(C)=C(C)C(C)C.CC(C)c1ccccc1. The summed E-state index contributed by atoms with van der Waals surface area (Å²) in [5.41, 5.74) is 5.99. The van der Waals surface area contributed by atoms with Crippen LogP contribution in [0.3, 0.4) is 0 Å². The van der Waals surface area contributed by atoms with Crippen LogP contribution < -0.4 is 0 Å². The van der Waals surface area contributed by atoms with Gasteiger partial charge in [-0.2, -0.15) is 0 Å². The lowest BCUT2D eigenvalue weighted by atomic mass is 9.88. The summed E-state index contributed by atoms with van der Waals surface area (Å²) in [5, 5.41) is 9.05. The third-order valence-corrected chi connectivity index (χ3v) is 4.79. The Kier molecular flexibility index (Phi) is 22.2. The maximum absolute atomic E-state index is 9.05. The highest BCUT2D eigenvalue weighted by Crippen LogP contribution is 2.21. The van der Waals surface area contributed by atoms with Gasteiger partial charge in [0, 0.05) is 0 Å². The molecule has 1 N–H and O–H groups in total. The van der Waals surface area contributed by atoms with Crippen LogP contribution in [0.25, 0.3) is 0 Å². The predicted molar refractivity (Wildman–Crippen MR) is 153 cm³/mol. The molecule has 2 aromatic carbocycles. The number of phenols is 1. The molecule has 0 aliphatic carbocycles. The van der Waals surface area contributed by atoms with E-state index in [0.29, 0.717) is 17.1 Å². The molecule has 0 atom stereocenters. The Hall–Kier alpha value is -2.02. The first-order chi connectivity index (χ1) is 15.3. The number of hydrogen-bond donors (Lipinski definition) is 1. The zero-order valence-corrected chi connectivity index (χ0v) is 24.5. The van der Waals surface area contributed by atoms with E-state index in [0.717, 1.165) is 12.3 Å². The molecule has 33 heavy (non-hydrogen) atoms. The van der Waals surface area contributed by atoms with Gasteiger partial charge in [-0.05, 0) is 67.7 Å². The molecular formula is C32H56O. The molecule has 0 bridgehead atoms. The van der Waals surface area contributed by atoms with Crippen LogP contribution in [0.2, 0.25) is 0 Å². The molecule has 0 amide bonds. The lowest BCUT2D eigenvalue weighted by molar-refractivity contribution is 0.410. The van der Waals surface area contributed by atoms with Crippen molar-refractivity contribution in [3.05, 3.63) is 76.9 Å². The van der Waals surface area contributed by atoms with Crippen molar-refractivity contribution < 1.29 is 5.11 Å². The second-order valence-corrected chi connectivity index (χ2v) is 9.81. The van der Waals surface area contributed by atoms with Gasteiger partial charge in [-0.25, -0.2) is 0 Å². The van der Waals surface area contributed by atoms with Gasteiger partial charge >= 0.3 is 0 Å². The van der Waals surface area contributed by atoms with Gasteiger partial charge in [0.05, 0.1) is 0 Å². The summed E-state index contributed by atoms with van der Waals surface area (Å²) in [6.45, 7) is 30.0. The van der Waals surface area contributed by atoms with Crippen molar-refractivity contribution in [1.82, 2.24) is 0 Å². The minimum atomic E-state index is 0.316. The van der Waals surface area contributed by atoms with Crippen LogP contribution in [0.5, 0.6) is 5.75 Å². The Bertz CT molecular complexity index is 694.